The van der Waals surface area contributed by atoms with Gasteiger partial charge in [0.1, 0.15) is 0 Å². The summed E-state index contributed by atoms with van der Waals surface area (Å²) in [6.07, 6.45) is 19.8. The van der Waals surface area contributed by atoms with Crippen molar-refractivity contribution in [3.63, 3.8) is 0 Å². The molecule has 0 aliphatic heterocycles. The van der Waals surface area contributed by atoms with Crippen molar-refractivity contribution >= 4 is 0 Å². The summed E-state index contributed by atoms with van der Waals surface area (Å²) in [5, 5.41) is 10.1. The van der Waals surface area contributed by atoms with Crippen molar-refractivity contribution in [2.45, 2.75) is 116 Å². The van der Waals surface area contributed by atoms with Crippen LogP contribution in [0.3, 0.4) is 0 Å². The molecule has 0 amide bonds. The second kappa shape index (κ2) is 11.2. The Kier molecular flexibility index (Phi) is 8.65. The van der Waals surface area contributed by atoms with E-state index >= 15 is 0 Å². The standard InChI is InChI=1S/C28H43N/c1-3-5-7-9-24-10-14-25(15-11-24)26-18-20-28(22-29,21-19-26)27-16-12-23(13-17-27)8-6-4-2/h12-13,16-17,24-26H,3-11,14-15,18-21H2,1-2H3/t24?,25?,26-,28-. The topological polar surface area (TPSA) is 23.8 Å². The van der Waals surface area contributed by atoms with Gasteiger partial charge in [0.05, 0.1) is 11.5 Å². The molecule has 0 aromatic heterocycles. The van der Waals surface area contributed by atoms with Gasteiger partial charge in [-0.1, -0.05) is 83.1 Å². The van der Waals surface area contributed by atoms with E-state index in [0.717, 1.165) is 30.6 Å². The maximum absolute atomic E-state index is 10.1. The highest BCUT2D eigenvalue weighted by molar-refractivity contribution is 5.35. The number of hydrogen-bond donors (Lipinski definition) is 0. The smallest absolute Gasteiger partial charge is 0.0822 e. The van der Waals surface area contributed by atoms with Crippen LogP contribution in [0.25, 0.3) is 0 Å². The molecule has 29 heavy (non-hydrogen) atoms. The first-order chi connectivity index (χ1) is 14.2. The van der Waals surface area contributed by atoms with Gasteiger partial charge in [0, 0.05) is 0 Å². The van der Waals surface area contributed by atoms with Crippen molar-refractivity contribution in [2.24, 2.45) is 17.8 Å². The first-order valence-electron chi connectivity index (χ1n) is 12.7. The molecule has 3 rings (SSSR count). The Morgan fingerprint density at radius 3 is 2.03 bits per heavy atom. The van der Waals surface area contributed by atoms with E-state index in [9.17, 15) is 5.26 Å². The van der Waals surface area contributed by atoms with Gasteiger partial charge in [-0.2, -0.15) is 5.26 Å². The number of hydrogen-bond acceptors (Lipinski definition) is 1. The summed E-state index contributed by atoms with van der Waals surface area (Å²) in [6, 6.07) is 11.8. The van der Waals surface area contributed by atoms with E-state index in [4.69, 9.17) is 0 Å². The van der Waals surface area contributed by atoms with Gasteiger partial charge in [-0.3, -0.25) is 0 Å². The molecule has 2 saturated carbocycles. The molecule has 1 heteroatoms. The Morgan fingerprint density at radius 2 is 1.45 bits per heavy atom. The van der Waals surface area contributed by atoms with Crippen LogP contribution in [0.5, 0.6) is 0 Å². The normalized spacial score (nSPS) is 30.0. The summed E-state index contributed by atoms with van der Waals surface area (Å²) in [4.78, 5) is 0. The van der Waals surface area contributed by atoms with Crippen molar-refractivity contribution < 1.29 is 0 Å². The van der Waals surface area contributed by atoms with Crippen molar-refractivity contribution in [1.82, 2.24) is 0 Å². The monoisotopic (exact) mass is 393 g/mol. The minimum absolute atomic E-state index is 0.225. The van der Waals surface area contributed by atoms with Gasteiger partial charge in [-0.25, -0.2) is 0 Å². The molecule has 0 heterocycles. The third kappa shape index (κ3) is 5.87. The van der Waals surface area contributed by atoms with Crippen LogP contribution in [-0.2, 0) is 11.8 Å². The molecule has 160 valence electrons. The Hall–Kier alpha value is -1.29. The quantitative estimate of drug-likeness (QED) is 0.386. The van der Waals surface area contributed by atoms with Crippen molar-refractivity contribution in [2.75, 3.05) is 0 Å². The molecule has 0 atom stereocenters. The molecule has 0 saturated heterocycles. The van der Waals surface area contributed by atoms with Gasteiger partial charge in [0.25, 0.3) is 0 Å². The van der Waals surface area contributed by atoms with Crippen LogP contribution in [-0.4, -0.2) is 0 Å². The first-order valence-corrected chi connectivity index (χ1v) is 12.7. The molecule has 1 aromatic carbocycles. The highest BCUT2D eigenvalue weighted by Gasteiger charge is 2.39. The van der Waals surface area contributed by atoms with Crippen LogP contribution >= 0.6 is 0 Å². The molecule has 2 aliphatic carbocycles. The molecular weight excluding hydrogens is 350 g/mol. The average molecular weight is 394 g/mol. The summed E-state index contributed by atoms with van der Waals surface area (Å²) in [5.41, 5.74) is 2.48. The zero-order valence-electron chi connectivity index (χ0n) is 19.1. The largest absolute Gasteiger partial charge is 0.197 e. The fraction of sp³-hybridized carbons (Fsp3) is 0.750. The predicted molar refractivity (Wildman–Crippen MR) is 124 cm³/mol. The maximum atomic E-state index is 10.1. The molecule has 0 unspecified atom stereocenters. The maximum Gasteiger partial charge on any atom is 0.0822 e. The van der Waals surface area contributed by atoms with E-state index in [1.165, 1.54) is 94.6 Å². The van der Waals surface area contributed by atoms with Crippen molar-refractivity contribution in [3.8, 4) is 6.07 Å². The fourth-order valence-electron chi connectivity index (χ4n) is 6.07. The molecule has 0 N–H and O–H groups in total. The van der Waals surface area contributed by atoms with Crippen LogP contribution in [0.15, 0.2) is 24.3 Å². The predicted octanol–water partition coefficient (Wildman–Crippen LogP) is 8.37. The lowest BCUT2D eigenvalue weighted by Crippen LogP contribution is -2.33. The van der Waals surface area contributed by atoms with Crippen LogP contribution in [0.4, 0.5) is 0 Å². The Morgan fingerprint density at radius 1 is 0.828 bits per heavy atom. The lowest BCUT2D eigenvalue weighted by atomic mass is 9.62. The number of nitrogens with zero attached hydrogens (tertiary/aromatic N) is 1. The number of benzene rings is 1. The van der Waals surface area contributed by atoms with E-state index in [2.05, 4.69) is 44.2 Å². The van der Waals surface area contributed by atoms with Crippen LogP contribution in [0.2, 0.25) is 0 Å². The Balaban J connectivity index is 1.50. The second-order valence-corrected chi connectivity index (χ2v) is 10.1. The third-order valence-electron chi connectivity index (χ3n) is 8.20. The highest BCUT2D eigenvalue weighted by Crippen LogP contribution is 2.47. The van der Waals surface area contributed by atoms with E-state index in [1.54, 1.807) is 0 Å². The van der Waals surface area contributed by atoms with E-state index < -0.39 is 0 Å². The van der Waals surface area contributed by atoms with Crippen LogP contribution in [0.1, 0.15) is 115 Å². The summed E-state index contributed by atoms with van der Waals surface area (Å²) in [6.45, 7) is 4.55. The number of nitriles is 1. The van der Waals surface area contributed by atoms with Gasteiger partial charge in [0.15, 0.2) is 0 Å². The lowest BCUT2D eigenvalue weighted by Gasteiger charge is -2.41. The molecule has 1 nitrogen and oxygen atoms in total. The summed E-state index contributed by atoms with van der Waals surface area (Å²) >= 11 is 0. The average Bonchev–Trinajstić information content (AvgIpc) is 2.79. The van der Waals surface area contributed by atoms with Gasteiger partial charge in [-0.05, 0) is 80.2 Å². The summed E-state index contributed by atoms with van der Waals surface area (Å²) in [5.74, 6) is 2.81. The number of aryl methyl sites for hydroxylation is 1. The fourth-order valence-corrected chi connectivity index (χ4v) is 6.07. The van der Waals surface area contributed by atoms with Crippen LogP contribution < -0.4 is 0 Å². The zero-order valence-corrected chi connectivity index (χ0v) is 19.1. The zero-order chi connectivity index (χ0) is 20.5. The van der Waals surface area contributed by atoms with E-state index in [1.807, 2.05) is 0 Å². The first kappa shape index (κ1) is 22.4. The lowest BCUT2D eigenvalue weighted by molar-refractivity contribution is 0.143. The molecule has 1 aromatic rings. The number of unbranched alkanes of at least 4 members (excludes halogenated alkanes) is 3. The molecule has 0 spiro atoms. The SMILES string of the molecule is CCCCCC1CCC([C@H]2CC[C@](C#N)(c3ccc(CCCC)cc3)CC2)CC1. The highest BCUT2D eigenvalue weighted by atomic mass is 14.5. The molecule has 2 fully saturated rings. The second-order valence-electron chi connectivity index (χ2n) is 10.1. The third-order valence-corrected chi connectivity index (χ3v) is 8.20. The van der Waals surface area contributed by atoms with Gasteiger partial charge in [-0.15, -0.1) is 0 Å². The minimum atomic E-state index is -0.225. The molecular formula is C28H43N. The molecule has 2 aliphatic rings. The Bertz CT molecular complexity index is 621. The number of rotatable bonds is 9. The van der Waals surface area contributed by atoms with Gasteiger partial charge < -0.3 is 0 Å². The van der Waals surface area contributed by atoms with Gasteiger partial charge >= 0.3 is 0 Å². The summed E-state index contributed by atoms with van der Waals surface area (Å²) in [7, 11) is 0. The van der Waals surface area contributed by atoms with Gasteiger partial charge in [0.2, 0.25) is 0 Å². The molecule has 0 radical (unpaired) electrons. The van der Waals surface area contributed by atoms with E-state index in [0.29, 0.717) is 0 Å². The Labute approximate surface area is 180 Å². The van der Waals surface area contributed by atoms with E-state index in [-0.39, 0.29) is 5.41 Å². The van der Waals surface area contributed by atoms with Crippen LogP contribution in [0, 0.1) is 29.1 Å². The minimum Gasteiger partial charge on any atom is -0.197 e. The van der Waals surface area contributed by atoms with Crippen molar-refractivity contribution in [3.05, 3.63) is 35.4 Å². The summed E-state index contributed by atoms with van der Waals surface area (Å²) < 4.78 is 0. The molecule has 0 bridgehead atoms. The van der Waals surface area contributed by atoms with Crippen molar-refractivity contribution in [1.29, 1.82) is 5.26 Å².